The van der Waals surface area contributed by atoms with E-state index in [4.69, 9.17) is 0 Å². The van der Waals surface area contributed by atoms with Crippen LogP contribution in [0.2, 0.25) is 0 Å². The molecule has 2 rings (SSSR count). The number of H-pyrrole nitrogens is 1. The number of sulfonamides is 1. The number of hydrogen-bond acceptors (Lipinski definition) is 4. The molecule has 114 valence electrons. The van der Waals surface area contributed by atoms with Crippen molar-refractivity contribution in [3.8, 4) is 0 Å². The maximum atomic E-state index is 12.4. The fourth-order valence-corrected chi connectivity index (χ4v) is 4.18. The first-order valence-corrected chi connectivity index (χ1v) is 9.21. The number of nitrogens with one attached hydrogen (secondary N) is 3. The minimum Gasteiger partial charge on any atom is -0.313 e. The third kappa shape index (κ3) is 4.06. The molecule has 0 radical (unpaired) electrons. The molecule has 0 aliphatic rings. The summed E-state index contributed by atoms with van der Waals surface area (Å²) in [5.74, 6) is 0. The fraction of sp³-hybridized carbons (Fsp3) is 0.250. The number of benzene rings is 1. The van der Waals surface area contributed by atoms with E-state index in [1.165, 1.54) is 6.20 Å². The van der Waals surface area contributed by atoms with Crippen LogP contribution >= 0.6 is 31.9 Å². The molecular weight excluding hydrogens is 424 g/mol. The van der Waals surface area contributed by atoms with Crippen LogP contribution in [0.1, 0.15) is 12.5 Å². The van der Waals surface area contributed by atoms with Crippen LogP contribution in [0.4, 0.5) is 5.69 Å². The summed E-state index contributed by atoms with van der Waals surface area (Å²) < 4.78 is 28.9. The molecule has 0 atom stereocenters. The van der Waals surface area contributed by atoms with E-state index in [0.717, 1.165) is 11.0 Å². The first kappa shape index (κ1) is 16.5. The first-order chi connectivity index (χ1) is 9.94. The van der Waals surface area contributed by atoms with Crippen molar-refractivity contribution >= 4 is 47.6 Å². The molecule has 0 unspecified atom stereocenters. The van der Waals surface area contributed by atoms with Gasteiger partial charge in [0.15, 0.2) is 5.03 Å². The topological polar surface area (TPSA) is 86.9 Å². The predicted octanol–water partition coefficient (Wildman–Crippen LogP) is 2.84. The third-order valence-corrected chi connectivity index (χ3v) is 5.22. The van der Waals surface area contributed by atoms with E-state index < -0.39 is 10.0 Å². The molecule has 1 heterocycles. The Labute approximate surface area is 140 Å². The zero-order chi connectivity index (χ0) is 15.5. The highest BCUT2D eigenvalue weighted by molar-refractivity contribution is 9.11. The molecule has 2 aromatic rings. The summed E-state index contributed by atoms with van der Waals surface area (Å²) in [6.07, 6.45) is 1.51. The number of aromatic amines is 1. The second-order valence-corrected chi connectivity index (χ2v) is 7.62. The van der Waals surface area contributed by atoms with Gasteiger partial charge in [0.2, 0.25) is 0 Å². The summed E-state index contributed by atoms with van der Waals surface area (Å²) in [5.41, 5.74) is 1.06. The molecule has 0 fully saturated rings. The summed E-state index contributed by atoms with van der Waals surface area (Å²) in [6, 6.07) is 5.20. The Morgan fingerprint density at radius 1 is 1.33 bits per heavy atom. The molecule has 6 nitrogen and oxygen atoms in total. The molecule has 0 spiro atoms. The maximum Gasteiger partial charge on any atom is 0.279 e. The standard InChI is InChI=1S/C12H14Br2N4O2S/c1-2-15-6-8-7-16-17-12(8)21(19,20)18-11-4-3-9(13)5-10(11)14/h3-5,7,15,18H,2,6H2,1H3,(H,16,17). The van der Waals surface area contributed by atoms with E-state index in [0.29, 0.717) is 22.3 Å². The number of nitrogens with zero attached hydrogens (tertiary/aromatic N) is 1. The van der Waals surface area contributed by atoms with Gasteiger partial charge in [-0.3, -0.25) is 9.82 Å². The van der Waals surface area contributed by atoms with E-state index in [-0.39, 0.29) is 5.03 Å². The van der Waals surface area contributed by atoms with Crippen LogP contribution in [-0.2, 0) is 16.6 Å². The Morgan fingerprint density at radius 3 is 2.76 bits per heavy atom. The maximum absolute atomic E-state index is 12.4. The highest BCUT2D eigenvalue weighted by atomic mass is 79.9. The number of anilines is 1. The van der Waals surface area contributed by atoms with Gasteiger partial charge >= 0.3 is 0 Å². The summed E-state index contributed by atoms with van der Waals surface area (Å²) in [6.45, 7) is 3.13. The lowest BCUT2D eigenvalue weighted by molar-refractivity contribution is 0.594. The average Bonchev–Trinajstić information content (AvgIpc) is 2.89. The van der Waals surface area contributed by atoms with Gasteiger partial charge in [-0.15, -0.1) is 0 Å². The molecule has 0 saturated carbocycles. The quantitative estimate of drug-likeness (QED) is 0.648. The first-order valence-electron chi connectivity index (χ1n) is 6.15. The number of hydrogen-bond donors (Lipinski definition) is 3. The lowest BCUT2D eigenvalue weighted by Gasteiger charge is -2.10. The van der Waals surface area contributed by atoms with Gasteiger partial charge in [0, 0.05) is 21.1 Å². The van der Waals surface area contributed by atoms with Crippen molar-refractivity contribution in [3.63, 3.8) is 0 Å². The van der Waals surface area contributed by atoms with Crippen LogP contribution < -0.4 is 10.0 Å². The Bertz CT molecular complexity index is 731. The monoisotopic (exact) mass is 436 g/mol. The van der Waals surface area contributed by atoms with Crippen molar-refractivity contribution < 1.29 is 8.42 Å². The summed E-state index contributed by atoms with van der Waals surface area (Å²) in [5, 5.41) is 9.50. The van der Waals surface area contributed by atoms with Crippen LogP contribution in [0.3, 0.4) is 0 Å². The normalized spacial score (nSPS) is 11.6. The van der Waals surface area contributed by atoms with Gasteiger partial charge < -0.3 is 5.32 Å². The zero-order valence-electron chi connectivity index (χ0n) is 11.2. The minimum atomic E-state index is -3.72. The van der Waals surface area contributed by atoms with Gasteiger partial charge in [-0.2, -0.15) is 13.5 Å². The van der Waals surface area contributed by atoms with Crippen molar-refractivity contribution in [2.75, 3.05) is 11.3 Å². The van der Waals surface area contributed by atoms with Crippen molar-refractivity contribution in [2.45, 2.75) is 18.5 Å². The molecule has 0 bridgehead atoms. The Morgan fingerprint density at radius 2 is 2.10 bits per heavy atom. The lowest BCUT2D eigenvalue weighted by atomic mass is 10.3. The van der Waals surface area contributed by atoms with E-state index in [1.807, 2.05) is 6.92 Å². The minimum absolute atomic E-state index is 0.0678. The molecule has 0 aliphatic carbocycles. The highest BCUT2D eigenvalue weighted by Gasteiger charge is 2.21. The third-order valence-electron chi connectivity index (χ3n) is 2.69. The Kier molecular flexibility index (Phi) is 5.42. The fourth-order valence-electron chi connectivity index (χ4n) is 1.69. The molecule has 9 heteroatoms. The largest absolute Gasteiger partial charge is 0.313 e. The summed E-state index contributed by atoms with van der Waals surface area (Å²) >= 11 is 6.65. The Hall–Kier alpha value is -0.900. The molecule has 0 saturated heterocycles. The van der Waals surface area contributed by atoms with E-state index in [9.17, 15) is 8.42 Å². The second-order valence-electron chi connectivity index (χ2n) is 4.23. The molecule has 1 aromatic carbocycles. The smallest absolute Gasteiger partial charge is 0.279 e. The van der Waals surface area contributed by atoms with Gasteiger partial charge in [0.05, 0.1) is 11.9 Å². The van der Waals surface area contributed by atoms with E-state index in [1.54, 1.807) is 18.2 Å². The van der Waals surface area contributed by atoms with E-state index in [2.05, 4.69) is 52.1 Å². The zero-order valence-corrected chi connectivity index (χ0v) is 15.1. The van der Waals surface area contributed by atoms with Crippen LogP contribution in [-0.4, -0.2) is 25.2 Å². The van der Waals surface area contributed by atoms with Crippen molar-refractivity contribution in [3.05, 3.63) is 38.9 Å². The lowest BCUT2D eigenvalue weighted by Crippen LogP contribution is -2.18. The molecule has 0 amide bonds. The molecular formula is C12H14Br2N4O2S. The van der Waals surface area contributed by atoms with Crippen LogP contribution in [0.5, 0.6) is 0 Å². The van der Waals surface area contributed by atoms with E-state index >= 15 is 0 Å². The summed E-state index contributed by atoms with van der Waals surface area (Å²) in [4.78, 5) is 0. The van der Waals surface area contributed by atoms with Crippen LogP contribution in [0.15, 0.2) is 38.4 Å². The van der Waals surface area contributed by atoms with Crippen LogP contribution in [0, 0.1) is 0 Å². The molecule has 21 heavy (non-hydrogen) atoms. The number of rotatable bonds is 6. The van der Waals surface area contributed by atoms with Gasteiger partial charge in [0.1, 0.15) is 0 Å². The SMILES string of the molecule is CCNCc1cn[nH]c1S(=O)(=O)Nc1ccc(Br)cc1Br. The summed E-state index contributed by atoms with van der Waals surface area (Å²) in [7, 11) is -3.72. The average molecular weight is 438 g/mol. The number of halogens is 2. The molecule has 3 N–H and O–H groups in total. The predicted molar refractivity (Wildman–Crippen MR) is 88.6 cm³/mol. The highest BCUT2D eigenvalue weighted by Crippen LogP contribution is 2.28. The second kappa shape index (κ2) is 6.91. The van der Waals surface area contributed by atoms with Gasteiger partial charge in [-0.05, 0) is 40.7 Å². The van der Waals surface area contributed by atoms with Crippen LogP contribution in [0.25, 0.3) is 0 Å². The molecule has 1 aromatic heterocycles. The van der Waals surface area contributed by atoms with Gasteiger partial charge in [-0.1, -0.05) is 22.9 Å². The van der Waals surface area contributed by atoms with Gasteiger partial charge in [-0.25, -0.2) is 0 Å². The van der Waals surface area contributed by atoms with Crippen molar-refractivity contribution in [1.29, 1.82) is 0 Å². The Balaban J connectivity index is 2.28. The van der Waals surface area contributed by atoms with Crippen molar-refractivity contribution in [1.82, 2.24) is 15.5 Å². The van der Waals surface area contributed by atoms with Gasteiger partial charge in [0.25, 0.3) is 10.0 Å². The number of aromatic nitrogens is 2. The van der Waals surface area contributed by atoms with Crippen molar-refractivity contribution in [2.24, 2.45) is 0 Å². The molecule has 0 aliphatic heterocycles.